The summed E-state index contributed by atoms with van der Waals surface area (Å²) in [5.41, 5.74) is 2.58. The van der Waals surface area contributed by atoms with E-state index in [1.807, 2.05) is 12.1 Å². The molecule has 0 saturated heterocycles. The van der Waals surface area contributed by atoms with E-state index in [1.165, 1.54) is 0 Å². The van der Waals surface area contributed by atoms with Gasteiger partial charge in [0.1, 0.15) is 23.2 Å². The van der Waals surface area contributed by atoms with Gasteiger partial charge in [-0.25, -0.2) is 15.8 Å². The van der Waals surface area contributed by atoms with Crippen molar-refractivity contribution in [3.63, 3.8) is 0 Å². The normalized spacial score (nSPS) is 12.2. The third-order valence-corrected chi connectivity index (χ3v) is 2.88. The van der Waals surface area contributed by atoms with Crippen molar-refractivity contribution in [3.05, 3.63) is 36.0 Å². The summed E-state index contributed by atoms with van der Waals surface area (Å²) >= 11 is 0. The predicted octanol–water partition coefficient (Wildman–Crippen LogP) is 2.35. The minimum absolute atomic E-state index is 0.205. The van der Waals surface area contributed by atoms with Crippen LogP contribution in [0.5, 0.6) is 0 Å². The Morgan fingerprint density at radius 2 is 2.15 bits per heavy atom. The lowest BCUT2D eigenvalue weighted by atomic mass is 10.2. The molecule has 2 heterocycles. The fraction of sp³-hybridized carbons (Fsp3) is 0.429. The Labute approximate surface area is 118 Å². The molecule has 0 aliphatic heterocycles. The van der Waals surface area contributed by atoms with Crippen LogP contribution >= 0.6 is 0 Å². The first-order chi connectivity index (χ1) is 9.71. The molecule has 4 N–H and O–H groups in total. The SMILES string of the molecule is CCCc1nc(NN)cc(NC(C)Cc2ccco2)n1. The minimum atomic E-state index is 0.205. The van der Waals surface area contributed by atoms with Gasteiger partial charge in [0, 0.05) is 24.9 Å². The molecule has 20 heavy (non-hydrogen) atoms. The van der Waals surface area contributed by atoms with Gasteiger partial charge in [0.05, 0.1) is 6.26 Å². The maximum atomic E-state index is 5.44. The number of hydrogen-bond donors (Lipinski definition) is 3. The number of hydrogen-bond acceptors (Lipinski definition) is 6. The van der Waals surface area contributed by atoms with Crippen molar-refractivity contribution in [2.24, 2.45) is 5.84 Å². The second kappa shape index (κ2) is 6.91. The third kappa shape index (κ3) is 3.96. The van der Waals surface area contributed by atoms with Gasteiger partial charge in [0.25, 0.3) is 0 Å². The Morgan fingerprint density at radius 3 is 2.80 bits per heavy atom. The first-order valence-corrected chi connectivity index (χ1v) is 6.84. The summed E-state index contributed by atoms with van der Waals surface area (Å²) in [7, 11) is 0. The lowest BCUT2D eigenvalue weighted by Crippen LogP contribution is -2.20. The van der Waals surface area contributed by atoms with Crippen LogP contribution in [0, 0.1) is 0 Å². The number of aryl methyl sites for hydroxylation is 1. The zero-order chi connectivity index (χ0) is 14.4. The van der Waals surface area contributed by atoms with Gasteiger partial charge in [0.2, 0.25) is 0 Å². The molecule has 0 spiro atoms. The molecule has 0 aliphatic carbocycles. The van der Waals surface area contributed by atoms with Gasteiger partial charge in [-0.3, -0.25) is 0 Å². The topological polar surface area (TPSA) is 89.0 Å². The van der Waals surface area contributed by atoms with E-state index in [9.17, 15) is 0 Å². The molecule has 0 aliphatic rings. The van der Waals surface area contributed by atoms with Crippen molar-refractivity contribution in [1.29, 1.82) is 0 Å². The molecule has 1 unspecified atom stereocenters. The Kier molecular flexibility index (Phi) is 4.95. The first kappa shape index (κ1) is 14.3. The van der Waals surface area contributed by atoms with Gasteiger partial charge in [0.15, 0.2) is 0 Å². The van der Waals surface area contributed by atoms with Crippen molar-refractivity contribution < 1.29 is 4.42 Å². The number of furan rings is 1. The smallest absolute Gasteiger partial charge is 0.145 e. The highest BCUT2D eigenvalue weighted by molar-refractivity contribution is 5.47. The quantitative estimate of drug-likeness (QED) is 0.531. The number of hydrazine groups is 1. The molecule has 2 aromatic heterocycles. The van der Waals surface area contributed by atoms with Crippen LogP contribution in [0.4, 0.5) is 11.6 Å². The van der Waals surface area contributed by atoms with Crippen molar-refractivity contribution in [1.82, 2.24) is 9.97 Å². The van der Waals surface area contributed by atoms with Gasteiger partial charge in [-0.1, -0.05) is 6.92 Å². The number of nitrogen functional groups attached to an aromatic ring is 1. The summed E-state index contributed by atoms with van der Waals surface area (Å²) in [6.07, 6.45) is 4.31. The number of aromatic nitrogens is 2. The molecule has 108 valence electrons. The summed E-state index contributed by atoms with van der Waals surface area (Å²) in [5.74, 6) is 8.57. The minimum Gasteiger partial charge on any atom is -0.469 e. The fourth-order valence-corrected chi connectivity index (χ4v) is 2.01. The van der Waals surface area contributed by atoms with Crippen molar-refractivity contribution in [3.8, 4) is 0 Å². The van der Waals surface area contributed by atoms with E-state index in [-0.39, 0.29) is 6.04 Å². The molecule has 0 radical (unpaired) electrons. The zero-order valence-corrected chi connectivity index (χ0v) is 11.9. The maximum Gasteiger partial charge on any atom is 0.145 e. The summed E-state index contributed by atoms with van der Waals surface area (Å²) in [5, 5.41) is 3.35. The van der Waals surface area contributed by atoms with E-state index >= 15 is 0 Å². The summed E-state index contributed by atoms with van der Waals surface area (Å²) in [6, 6.07) is 5.87. The van der Waals surface area contributed by atoms with Gasteiger partial charge in [-0.15, -0.1) is 0 Å². The van der Waals surface area contributed by atoms with E-state index in [0.717, 1.165) is 36.7 Å². The number of nitrogens with one attached hydrogen (secondary N) is 2. The fourth-order valence-electron chi connectivity index (χ4n) is 2.01. The molecule has 6 heteroatoms. The molecular weight excluding hydrogens is 254 g/mol. The maximum absolute atomic E-state index is 5.44. The van der Waals surface area contributed by atoms with Crippen molar-refractivity contribution >= 4 is 11.6 Å². The number of nitrogens with two attached hydrogens (primary N) is 1. The molecule has 0 saturated carbocycles. The van der Waals surface area contributed by atoms with Crippen molar-refractivity contribution in [2.75, 3.05) is 10.7 Å². The van der Waals surface area contributed by atoms with Crippen LogP contribution < -0.4 is 16.6 Å². The monoisotopic (exact) mass is 275 g/mol. The standard InChI is InChI=1S/C14H21N5O/c1-3-5-12-17-13(9-14(18-12)19-15)16-10(2)8-11-6-4-7-20-11/h4,6-7,9-10H,3,5,8,15H2,1-2H3,(H2,16,17,18,19). The van der Waals surface area contributed by atoms with Gasteiger partial charge in [-0.2, -0.15) is 0 Å². The van der Waals surface area contributed by atoms with E-state index in [0.29, 0.717) is 5.82 Å². The van der Waals surface area contributed by atoms with Crippen LogP contribution in [-0.2, 0) is 12.8 Å². The average molecular weight is 275 g/mol. The predicted molar refractivity (Wildman–Crippen MR) is 79.3 cm³/mol. The highest BCUT2D eigenvalue weighted by Gasteiger charge is 2.09. The van der Waals surface area contributed by atoms with Crippen LogP contribution in [0.3, 0.4) is 0 Å². The number of anilines is 2. The molecule has 1 atom stereocenters. The van der Waals surface area contributed by atoms with E-state index in [1.54, 1.807) is 12.3 Å². The van der Waals surface area contributed by atoms with E-state index < -0.39 is 0 Å². The molecule has 6 nitrogen and oxygen atoms in total. The highest BCUT2D eigenvalue weighted by Crippen LogP contribution is 2.14. The number of nitrogens with zero attached hydrogens (tertiary/aromatic N) is 2. The second-order valence-corrected chi connectivity index (χ2v) is 4.78. The molecule has 0 aromatic carbocycles. The van der Waals surface area contributed by atoms with Crippen LogP contribution in [0.25, 0.3) is 0 Å². The van der Waals surface area contributed by atoms with Crippen molar-refractivity contribution in [2.45, 2.75) is 39.2 Å². The van der Waals surface area contributed by atoms with Crippen LogP contribution in [0.15, 0.2) is 28.9 Å². The van der Waals surface area contributed by atoms with Gasteiger partial charge >= 0.3 is 0 Å². The average Bonchev–Trinajstić information content (AvgIpc) is 2.91. The molecule has 2 aromatic rings. The Bertz CT molecular complexity index is 526. The van der Waals surface area contributed by atoms with Gasteiger partial charge in [-0.05, 0) is 25.5 Å². The highest BCUT2D eigenvalue weighted by atomic mass is 16.3. The summed E-state index contributed by atoms with van der Waals surface area (Å²) in [6.45, 7) is 4.18. The summed E-state index contributed by atoms with van der Waals surface area (Å²) in [4.78, 5) is 8.81. The van der Waals surface area contributed by atoms with E-state index in [4.69, 9.17) is 10.3 Å². The Balaban J connectivity index is 2.05. The van der Waals surface area contributed by atoms with Crippen LogP contribution in [0.2, 0.25) is 0 Å². The molecular formula is C14H21N5O. The largest absolute Gasteiger partial charge is 0.469 e. The Morgan fingerprint density at radius 1 is 1.35 bits per heavy atom. The van der Waals surface area contributed by atoms with Gasteiger partial charge < -0.3 is 15.2 Å². The van der Waals surface area contributed by atoms with E-state index in [2.05, 4.69) is 34.6 Å². The molecule has 0 bridgehead atoms. The lowest BCUT2D eigenvalue weighted by Gasteiger charge is -2.14. The molecule has 2 rings (SSSR count). The summed E-state index contributed by atoms with van der Waals surface area (Å²) < 4.78 is 5.34. The molecule has 0 amide bonds. The lowest BCUT2D eigenvalue weighted by molar-refractivity contribution is 0.497. The van der Waals surface area contributed by atoms with Crippen LogP contribution in [0.1, 0.15) is 31.9 Å². The first-order valence-electron chi connectivity index (χ1n) is 6.84. The molecule has 0 fully saturated rings. The third-order valence-electron chi connectivity index (χ3n) is 2.88. The van der Waals surface area contributed by atoms with Crippen LogP contribution in [-0.4, -0.2) is 16.0 Å². The second-order valence-electron chi connectivity index (χ2n) is 4.78. The Hall–Kier alpha value is -2.08. The number of rotatable bonds is 7. The zero-order valence-electron chi connectivity index (χ0n) is 11.9.